The van der Waals surface area contributed by atoms with Crippen molar-refractivity contribution >= 4 is 17.6 Å². The third-order valence-electron chi connectivity index (χ3n) is 3.15. The molecule has 2 amide bonds. The minimum atomic E-state index is -0.329. The Balaban J connectivity index is 1.50. The SMILES string of the molecule is O=C(NCc1cccnc1)NCc1nc(-c2ccc(Cl)cc2)no1. The van der Waals surface area contributed by atoms with Gasteiger partial charge >= 0.3 is 6.03 Å². The van der Waals surface area contributed by atoms with Gasteiger partial charge in [0.2, 0.25) is 11.7 Å². The molecule has 0 saturated heterocycles. The lowest BCUT2D eigenvalue weighted by Gasteiger charge is -2.05. The highest BCUT2D eigenvalue weighted by Crippen LogP contribution is 2.18. The van der Waals surface area contributed by atoms with Crippen LogP contribution in [0.2, 0.25) is 5.02 Å². The summed E-state index contributed by atoms with van der Waals surface area (Å²) >= 11 is 5.84. The number of urea groups is 1. The highest BCUT2D eigenvalue weighted by atomic mass is 35.5. The number of carbonyl (C=O) groups excluding carboxylic acids is 1. The van der Waals surface area contributed by atoms with E-state index in [1.807, 2.05) is 12.1 Å². The minimum absolute atomic E-state index is 0.138. The largest absolute Gasteiger partial charge is 0.337 e. The third kappa shape index (κ3) is 4.30. The van der Waals surface area contributed by atoms with Gasteiger partial charge in [0.15, 0.2) is 0 Å². The average molecular weight is 344 g/mol. The molecule has 0 fully saturated rings. The number of hydrogen-bond donors (Lipinski definition) is 2. The van der Waals surface area contributed by atoms with Crippen LogP contribution in [0.1, 0.15) is 11.5 Å². The van der Waals surface area contributed by atoms with Crippen LogP contribution in [0.15, 0.2) is 53.3 Å². The maximum Gasteiger partial charge on any atom is 0.315 e. The molecule has 2 heterocycles. The average Bonchev–Trinajstić information content (AvgIpc) is 3.09. The summed E-state index contributed by atoms with van der Waals surface area (Å²) in [5, 5.41) is 9.89. The van der Waals surface area contributed by atoms with Crippen LogP contribution in [-0.2, 0) is 13.1 Å². The zero-order chi connectivity index (χ0) is 16.8. The van der Waals surface area contributed by atoms with Gasteiger partial charge in [-0.2, -0.15) is 4.98 Å². The second-order valence-corrected chi connectivity index (χ2v) is 5.35. The fourth-order valence-electron chi connectivity index (χ4n) is 1.95. The molecule has 0 atom stereocenters. The summed E-state index contributed by atoms with van der Waals surface area (Å²) < 4.78 is 5.12. The van der Waals surface area contributed by atoms with Crippen LogP contribution < -0.4 is 10.6 Å². The number of nitrogens with one attached hydrogen (secondary N) is 2. The first-order chi connectivity index (χ1) is 11.7. The van der Waals surface area contributed by atoms with Gasteiger partial charge in [-0.15, -0.1) is 0 Å². The van der Waals surface area contributed by atoms with Gasteiger partial charge in [-0.1, -0.05) is 22.8 Å². The van der Waals surface area contributed by atoms with E-state index in [1.54, 1.807) is 36.7 Å². The van der Waals surface area contributed by atoms with Crippen molar-refractivity contribution in [2.45, 2.75) is 13.1 Å². The molecular formula is C16H14ClN5O2. The van der Waals surface area contributed by atoms with E-state index in [4.69, 9.17) is 16.1 Å². The molecule has 8 heteroatoms. The zero-order valence-corrected chi connectivity index (χ0v) is 13.3. The topological polar surface area (TPSA) is 92.9 Å². The summed E-state index contributed by atoms with van der Waals surface area (Å²) in [4.78, 5) is 20.0. The van der Waals surface area contributed by atoms with Gasteiger partial charge in [-0.05, 0) is 35.9 Å². The van der Waals surface area contributed by atoms with Crippen LogP contribution in [0.3, 0.4) is 0 Å². The Morgan fingerprint density at radius 3 is 2.67 bits per heavy atom. The predicted octanol–water partition coefficient (Wildman–Crippen LogP) is 2.78. The molecule has 1 aromatic carbocycles. The maximum absolute atomic E-state index is 11.8. The second-order valence-electron chi connectivity index (χ2n) is 4.92. The number of nitrogens with zero attached hydrogens (tertiary/aromatic N) is 3. The van der Waals surface area contributed by atoms with Gasteiger partial charge in [0.1, 0.15) is 0 Å². The molecule has 0 saturated carbocycles. The predicted molar refractivity (Wildman–Crippen MR) is 88.1 cm³/mol. The van der Waals surface area contributed by atoms with Gasteiger partial charge in [0, 0.05) is 29.5 Å². The number of halogens is 1. The number of benzene rings is 1. The number of rotatable bonds is 5. The molecule has 7 nitrogen and oxygen atoms in total. The molecule has 0 bridgehead atoms. The third-order valence-corrected chi connectivity index (χ3v) is 3.40. The number of pyridine rings is 1. The summed E-state index contributed by atoms with van der Waals surface area (Å²) in [5.74, 6) is 0.760. The molecule has 3 rings (SSSR count). The molecule has 0 aliphatic rings. The van der Waals surface area contributed by atoms with Crippen LogP contribution in [0, 0.1) is 0 Å². The van der Waals surface area contributed by atoms with Gasteiger partial charge in [0.25, 0.3) is 0 Å². The van der Waals surface area contributed by atoms with Crippen molar-refractivity contribution in [2.75, 3.05) is 0 Å². The Morgan fingerprint density at radius 2 is 1.92 bits per heavy atom. The fourth-order valence-corrected chi connectivity index (χ4v) is 2.07. The summed E-state index contributed by atoms with van der Waals surface area (Å²) in [6.07, 6.45) is 3.37. The molecule has 0 spiro atoms. The van der Waals surface area contributed by atoms with E-state index in [1.165, 1.54) is 0 Å². The molecule has 24 heavy (non-hydrogen) atoms. The van der Waals surface area contributed by atoms with Gasteiger partial charge < -0.3 is 15.2 Å². The standard InChI is InChI=1S/C16H14ClN5O2/c17-13-5-3-12(4-6-13)15-21-14(24-22-15)10-20-16(23)19-9-11-2-1-7-18-8-11/h1-8H,9-10H2,(H2,19,20,23). The van der Waals surface area contributed by atoms with E-state index in [9.17, 15) is 4.79 Å². The normalized spacial score (nSPS) is 10.4. The Labute approximate surface area is 143 Å². The summed E-state index contributed by atoms with van der Waals surface area (Å²) in [6.45, 7) is 0.527. The quantitative estimate of drug-likeness (QED) is 0.743. The first kappa shape index (κ1) is 15.9. The number of aromatic nitrogens is 3. The lowest BCUT2D eigenvalue weighted by atomic mass is 10.2. The monoisotopic (exact) mass is 343 g/mol. The molecule has 0 unspecified atom stereocenters. The van der Waals surface area contributed by atoms with Gasteiger partial charge in [-0.3, -0.25) is 4.98 Å². The van der Waals surface area contributed by atoms with Gasteiger partial charge in [-0.25, -0.2) is 4.79 Å². The Hall–Kier alpha value is -2.93. The Bertz CT molecular complexity index is 805. The first-order valence-corrected chi connectivity index (χ1v) is 7.57. The maximum atomic E-state index is 11.8. The van der Waals surface area contributed by atoms with Gasteiger partial charge in [0.05, 0.1) is 6.54 Å². The van der Waals surface area contributed by atoms with E-state index in [-0.39, 0.29) is 12.6 Å². The summed E-state index contributed by atoms with van der Waals surface area (Å²) in [6, 6.07) is 10.4. The molecule has 0 aliphatic heterocycles. The van der Waals surface area contributed by atoms with Crippen LogP contribution in [0.4, 0.5) is 4.79 Å². The van der Waals surface area contributed by atoms with Crippen LogP contribution >= 0.6 is 11.6 Å². The fraction of sp³-hybridized carbons (Fsp3) is 0.125. The molecule has 2 aromatic heterocycles. The molecule has 2 N–H and O–H groups in total. The highest BCUT2D eigenvalue weighted by molar-refractivity contribution is 6.30. The molecule has 0 aliphatic carbocycles. The van der Waals surface area contributed by atoms with Crippen molar-refractivity contribution in [3.8, 4) is 11.4 Å². The lowest BCUT2D eigenvalue weighted by molar-refractivity contribution is 0.238. The molecule has 3 aromatic rings. The number of amides is 2. The van der Waals surface area contributed by atoms with Crippen molar-refractivity contribution in [1.82, 2.24) is 25.8 Å². The van der Waals surface area contributed by atoms with Crippen molar-refractivity contribution < 1.29 is 9.32 Å². The second kappa shape index (κ2) is 7.56. The van der Waals surface area contributed by atoms with Crippen molar-refractivity contribution in [2.24, 2.45) is 0 Å². The number of hydrogen-bond acceptors (Lipinski definition) is 5. The van der Waals surface area contributed by atoms with E-state index in [0.717, 1.165) is 11.1 Å². The molecule has 0 radical (unpaired) electrons. The molecular weight excluding hydrogens is 330 g/mol. The summed E-state index contributed by atoms with van der Waals surface area (Å²) in [5.41, 5.74) is 1.70. The van der Waals surface area contributed by atoms with E-state index in [2.05, 4.69) is 25.8 Å². The van der Waals surface area contributed by atoms with Crippen LogP contribution in [0.5, 0.6) is 0 Å². The van der Waals surface area contributed by atoms with E-state index >= 15 is 0 Å². The van der Waals surface area contributed by atoms with E-state index < -0.39 is 0 Å². The number of carbonyl (C=O) groups is 1. The van der Waals surface area contributed by atoms with Crippen molar-refractivity contribution in [1.29, 1.82) is 0 Å². The van der Waals surface area contributed by atoms with Crippen LogP contribution in [-0.4, -0.2) is 21.2 Å². The zero-order valence-electron chi connectivity index (χ0n) is 12.6. The Morgan fingerprint density at radius 1 is 1.12 bits per heavy atom. The minimum Gasteiger partial charge on any atom is -0.337 e. The smallest absolute Gasteiger partial charge is 0.315 e. The highest BCUT2D eigenvalue weighted by Gasteiger charge is 2.09. The molecule has 122 valence electrons. The van der Waals surface area contributed by atoms with Crippen molar-refractivity contribution in [3.05, 3.63) is 65.3 Å². The van der Waals surface area contributed by atoms with Crippen LogP contribution in [0.25, 0.3) is 11.4 Å². The first-order valence-electron chi connectivity index (χ1n) is 7.20. The summed E-state index contributed by atoms with van der Waals surface area (Å²) in [7, 11) is 0. The lowest BCUT2D eigenvalue weighted by Crippen LogP contribution is -2.34. The Kier molecular flexibility index (Phi) is 5.02. The van der Waals surface area contributed by atoms with E-state index in [0.29, 0.717) is 23.3 Å². The van der Waals surface area contributed by atoms with Crippen molar-refractivity contribution in [3.63, 3.8) is 0 Å².